The third-order valence-electron chi connectivity index (χ3n) is 4.81. The van der Waals surface area contributed by atoms with E-state index in [0.29, 0.717) is 12.4 Å². The molecule has 28 heavy (non-hydrogen) atoms. The molecule has 7 heteroatoms. The van der Waals surface area contributed by atoms with Crippen molar-refractivity contribution < 1.29 is 9.26 Å². The summed E-state index contributed by atoms with van der Waals surface area (Å²) < 4.78 is 11.2. The van der Waals surface area contributed by atoms with Crippen LogP contribution in [0.15, 0.2) is 33.8 Å². The second kappa shape index (κ2) is 9.68. The average molecular weight is 386 g/mol. The number of benzene rings is 1. The Morgan fingerprint density at radius 3 is 2.93 bits per heavy atom. The molecule has 2 N–H and O–H groups in total. The van der Waals surface area contributed by atoms with Crippen LogP contribution in [0.1, 0.15) is 51.4 Å². The molecule has 1 aromatic carbocycles. The van der Waals surface area contributed by atoms with Crippen molar-refractivity contribution in [3.8, 4) is 11.5 Å². The Hall–Kier alpha value is -2.41. The molecule has 1 saturated heterocycles. The van der Waals surface area contributed by atoms with Crippen molar-refractivity contribution in [3.05, 3.63) is 35.7 Å². The lowest BCUT2D eigenvalue weighted by Crippen LogP contribution is -2.45. The van der Waals surface area contributed by atoms with E-state index in [2.05, 4.69) is 53.7 Å². The molecule has 7 nitrogen and oxygen atoms in total. The lowest BCUT2D eigenvalue weighted by atomic mass is 10.0. The van der Waals surface area contributed by atoms with Crippen molar-refractivity contribution in [2.75, 3.05) is 19.7 Å². The van der Waals surface area contributed by atoms with E-state index < -0.39 is 0 Å². The number of rotatable bonds is 8. The molecule has 2 heterocycles. The lowest BCUT2D eigenvalue weighted by Gasteiger charge is -2.24. The van der Waals surface area contributed by atoms with Crippen molar-refractivity contribution in [1.29, 1.82) is 0 Å². The minimum absolute atomic E-state index is 0.107. The molecule has 0 radical (unpaired) electrons. The molecule has 1 unspecified atom stereocenters. The van der Waals surface area contributed by atoms with Gasteiger partial charge in [-0.15, -0.1) is 0 Å². The molecule has 1 aliphatic rings. The normalized spacial score (nSPS) is 19.8. The van der Waals surface area contributed by atoms with E-state index in [0.717, 1.165) is 68.3 Å². The highest BCUT2D eigenvalue weighted by Gasteiger charge is 2.29. The van der Waals surface area contributed by atoms with Gasteiger partial charge in [0.1, 0.15) is 0 Å². The van der Waals surface area contributed by atoms with Crippen molar-refractivity contribution >= 4 is 5.96 Å². The predicted octanol–water partition coefficient (Wildman–Crippen LogP) is 3.31. The van der Waals surface area contributed by atoms with E-state index in [1.54, 1.807) is 0 Å². The number of aliphatic imine (C=N–C) groups is 1. The van der Waals surface area contributed by atoms with Crippen LogP contribution in [0.5, 0.6) is 0 Å². The highest BCUT2D eigenvalue weighted by Crippen LogP contribution is 2.24. The van der Waals surface area contributed by atoms with Gasteiger partial charge in [-0.3, -0.25) is 0 Å². The van der Waals surface area contributed by atoms with Crippen molar-refractivity contribution in [2.24, 2.45) is 4.99 Å². The fraction of sp³-hybridized carbons (Fsp3) is 0.571. The first kappa shape index (κ1) is 20.3. The van der Waals surface area contributed by atoms with Crippen LogP contribution in [0.3, 0.4) is 0 Å². The Morgan fingerprint density at radius 2 is 2.18 bits per heavy atom. The molecular formula is C21H31N5O2. The zero-order valence-corrected chi connectivity index (χ0v) is 17.1. The van der Waals surface area contributed by atoms with E-state index in [1.807, 2.05) is 12.1 Å². The van der Waals surface area contributed by atoms with Gasteiger partial charge in [-0.25, -0.2) is 4.99 Å². The first-order valence-corrected chi connectivity index (χ1v) is 10.2. The van der Waals surface area contributed by atoms with Gasteiger partial charge in [0.05, 0.1) is 12.1 Å². The lowest BCUT2D eigenvalue weighted by molar-refractivity contribution is 0.0243. The van der Waals surface area contributed by atoms with E-state index in [4.69, 9.17) is 14.3 Å². The van der Waals surface area contributed by atoms with Gasteiger partial charge in [-0.05, 0) is 50.8 Å². The Bertz CT molecular complexity index is 781. The third-order valence-corrected chi connectivity index (χ3v) is 4.81. The largest absolute Gasteiger partial charge is 0.373 e. The molecule has 0 bridgehead atoms. The van der Waals surface area contributed by atoms with Crippen LogP contribution in [0, 0.1) is 0 Å². The maximum absolute atomic E-state index is 5.85. The fourth-order valence-corrected chi connectivity index (χ4v) is 3.26. The number of hydrogen-bond acceptors (Lipinski definition) is 5. The summed E-state index contributed by atoms with van der Waals surface area (Å²) in [7, 11) is 0. The Morgan fingerprint density at radius 1 is 1.29 bits per heavy atom. The van der Waals surface area contributed by atoms with E-state index in [1.165, 1.54) is 0 Å². The summed E-state index contributed by atoms with van der Waals surface area (Å²) >= 11 is 0. The molecule has 0 saturated carbocycles. The predicted molar refractivity (Wildman–Crippen MR) is 110 cm³/mol. The monoisotopic (exact) mass is 385 g/mol. The van der Waals surface area contributed by atoms with E-state index in [9.17, 15) is 0 Å². The summed E-state index contributed by atoms with van der Waals surface area (Å²) in [5.74, 6) is 2.11. The molecule has 1 aromatic heterocycles. The summed E-state index contributed by atoms with van der Waals surface area (Å²) in [6, 6.07) is 8.09. The van der Waals surface area contributed by atoms with Crippen molar-refractivity contribution in [3.63, 3.8) is 0 Å². The van der Waals surface area contributed by atoms with Gasteiger partial charge in [0.15, 0.2) is 11.8 Å². The standard InChI is InChI=1S/C21H31N5O2/c1-4-8-18-25-19(28-26-18)17-10-6-9-16(13-17)14-23-20(22-5-2)24-15-21(3)11-7-12-27-21/h6,9-10,13H,4-5,7-8,11-12,14-15H2,1-3H3,(H2,22,23,24). The van der Waals surface area contributed by atoms with Crippen molar-refractivity contribution in [2.45, 2.75) is 58.6 Å². The molecule has 1 aliphatic heterocycles. The molecule has 152 valence electrons. The van der Waals surface area contributed by atoms with Gasteiger partial charge in [-0.1, -0.05) is 24.2 Å². The third kappa shape index (κ3) is 5.55. The molecule has 1 fully saturated rings. The van der Waals surface area contributed by atoms with Gasteiger partial charge in [-0.2, -0.15) is 4.98 Å². The maximum Gasteiger partial charge on any atom is 0.257 e. The fourth-order valence-electron chi connectivity index (χ4n) is 3.26. The highest BCUT2D eigenvalue weighted by molar-refractivity contribution is 5.79. The smallest absolute Gasteiger partial charge is 0.257 e. The minimum Gasteiger partial charge on any atom is -0.373 e. The molecule has 0 spiro atoms. The van der Waals surface area contributed by atoms with Crippen LogP contribution >= 0.6 is 0 Å². The van der Waals surface area contributed by atoms with E-state index >= 15 is 0 Å². The van der Waals surface area contributed by atoms with Gasteiger partial charge < -0.3 is 19.9 Å². The Kier molecular flexibility index (Phi) is 7.03. The molecule has 1 atom stereocenters. The first-order chi connectivity index (χ1) is 13.6. The van der Waals surface area contributed by atoms with E-state index in [-0.39, 0.29) is 5.60 Å². The summed E-state index contributed by atoms with van der Waals surface area (Å²) in [5, 5.41) is 10.7. The quantitative estimate of drug-likeness (QED) is 0.536. The van der Waals surface area contributed by atoms with Crippen LogP contribution in [-0.2, 0) is 17.7 Å². The summed E-state index contributed by atoms with van der Waals surface area (Å²) in [6.45, 7) is 9.29. The molecule has 0 amide bonds. The summed E-state index contributed by atoms with van der Waals surface area (Å²) in [4.78, 5) is 9.18. The second-order valence-electron chi connectivity index (χ2n) is 7.42. The Labute approximate surface area is 167 Å². The Balaban J connectivity index is 1.64. The SMILES string of the molecule is CCCc1noc(-c2cccc(CN=C(NCC)NCC3(C)CCCO3)c2)n1. The van der Waals surface area contributed by atoms with Crippen LogP contribution < -0.4 is 10.6 Å². The number of hydrogen-bond donors (Lipinski definition) is 2. The van der Waals surface area contributed by atoms with Crippen molar-refractivity contribution in [1.82, 2.24) is 20.8 Å². The number of nitrogens with zero attached hydrogens (tertiary/aromatic N) is 3. The number of aromatic nitrogens is 2. The van der Waals surface area contributed by atoms with Crippen LogP contribution in [0.2, 0.25) is 0 Å². The van der Waals surface area contributed by atoms with Gasteiger partial charge in [0.25, 0.3) is 5.89 Å². The second-order valence-corrected chi connectivity index (χ2v) is 7.42. The zero-order chi connectivity index (χ0) is 19.8. The molecule has 2 aromatic rings. The number of nitrogens with one attached hydrogen (secondary N) is 2. The topological polar surface area (TPSA) is 84.6 Å². The molecule has 0 aliphatic carbocycles. The van der Waals surface area contributed by atoms with Crippen LogP contribution in [0.4, 0.5) is 0 Å². The number of guanidine groups is 1. The number of ether oxygens (including phenoxy) is 1. The summed E-state index contributed by atoms with van der Waals surface area (Å²) in [6.07, 6.45) is 4.02. The number of aryl methyl sites for hydroxylation is 1. The maximum atomic E-state index is 5.85. The van der Waals surface area contributed by atoms with Gasteiger partial charge in [0.2, 0.25) is 0 Å². The van der Waals surface area contributed by atoms with Gasteiger partial charge in [0, 0.05) is 31.7 Å². The van der Waals surface area contributed by atoms with Crippen LogP contribution in [0.25, 0.3) is 11.5 Å². The first-order valence-electron chi connectivity index (χ1n) is 10.2. The zero-order valence-electron chi connectivity index (χ0n) is 17.1. The minimum atomic E-state index is -0.107. The molecule has 3 rings (SSSR count). The van der Waals surface area contributed by atoms with Crippen LogP contribution in [-0.4, -0.2) is 41.4 Å². The average Bonchev–Trinajstić information content (AvgIpc) is 3.34. The van der Waals surface area contributed by atoms with Gasteiger partial charge >= 0.3 is 0 Å². The summed E-state index contributed by atoms with van der Waals surface area (Å²) in [5.41, 5.74) is 1.91. The molecular weight excluding hydrogens is 354 g/mol. The highest BCUT2D eigenvalue weighted by atomic mass is 16.5.